The molecule has 8 aromatic rings. The summed E-state index contributed by atoms with van der Waals surface area (Å²) in [7, 11) is 0. The Hall–Kier alpha value is -5.22. The van der Waals surface area contributed by atoms with Crippen LogP contribution in [0.3, 0.4) is 0 Å². The predicted molar refractivity (Wildman–Crippen MR) is 209 cm³/mol. The molecule has 1 fully saturated rings. The van der Waals surface area contributed by atoms with Gasteiger partial charge in [0.15, 0.2) is 0 Å². The molecule has 0 N–H and O–H groups in total. The molecule has 0 aliphatic heterocycles. The van der Waals surface area contributed by atoms with Crippen LogP contribution in [-0.4, -0.2) is 9.97 Å². The Bertz CT molecular complexity index is 2400. The van der Waals surface area contributed by atoms with Crippen molar-refractivity contribution in [2.24, 2.45) is 5.92 Å². The van der Waals surface area contributed by atoms with Gasteiger partial charge in [-0.3, -0.25) is 4.39 Å². The quantitative estimate of drug-likeness (QED) is 0.150. The fraction of sp³-hybridized carbons (Fsp3) is 0.167. The van der Waals surface area contributed by atoms with Crippen molar-refractivity contribution in [3.8, 4) is 33.6 Å². The van der Waals surface area contributed by atoms with E-state index in [0.29, 0.717) is 0 Å². The van der Waals surface area contributed by atoms with Gasteiger partial charge in [0.05, 0.1) is 5.58 Å². The van der Waals surface area contributed by atoms with E-state index in [9.17, 15) is 4.39 Å². The summed E-state index contributed by atoms with van der Waals surface area (Å²) in [6.07, 6.45) is 12.7. The third-order valence-corrected chi connectivity index (χ3v) is 10.0. The fourth-order valence-corrected chi connectivity index (χ4v) is 7.39. The summed E-state index contributed by atoms with van der Waals surface area (Å²) in [5, 5.41) is 2.28. The van der Waals surface area contributed by atoms with Gasteiger partial charge in [0, 0.05) is 49.3 Å². The summed E-state index contributed by atoms with van der Waals surface area (Å²) >= 11 is 0. The van der Waals surface area contributed by atoms with Crippen LogP contribution in [-0.2, 0) is 32.9 Å². The van der Waals surface area contributed by atoms with Crippen molar-refractivity contribution in [2.45, 2.75) is 44.9 Å². The van der Waals surface area contributed by atoms with Crippen molar-refractivity contribution in [2.75, 3.05) is 0 Å². The third-order valence-electron chi connectivity index (χ3n) is 10.0. The second-order valence-corrected chi connectivity index (χ2v) is 13.6. The van der Waals surface area contributed by atoms with Gasteiger partial charge in [-0.15, -0.1) is 48.0 Å². The Morgan fingerprint density at radius 2 is 1.47 bits per heavy atom. The molecule has 1 saturated carbocycles. The molecule has 9 rings (SSSR count). The van der Waals surface area contributed by atoms with Crippen molar-refractivity contribution < 1.29 is 28.9 Å². The number of hydrogen-bond acceptors (Lipinski definition) is 3. The molecular formula is C48H39FIrN2O-2. The van der Waals surface area contributed by atoms with Crippen molar-refractivity contribution in [1.82, 2.24) is 9.97 Å². The summed E-state index contributed by atoms with van der Waals surface area (Å²) < 4.78 is 19.4. The number of nitrogens with zero attached hydrogens (tertiary/aromatic N) is 2. The Labute approximate surface area is 324 Å². The zero-order valence-electron chi connectivity index (χ0n) is 29.4. The molecule has 3 heterocycles. The third kappa shape index (κ3) is 8.54. The van der Waals surface area contributed by atoms with Crippen LogP contribution in [0.5, 0.6) is 0 Å². The van der Waals surface area contributed by atoms with Gasteiger partial charge in [0.25, 0.3) is 0 Å². The zero-order valence-corrected chi connectivity index (χ0v) is 31.8. The minimum Gasteiger partial charge on any atom is -0.501 e. The van der Waals surface area contributed by atoms with Gasteiger partial charge in [0.2, 0.25) is 0 Å². The van der Waals surface area contributed by atoms with E-state index in [1.807, 2.05) is 67.0 Å². The van der Waals surface area contributed by atoms with Crippen LogP contribution >= 0.6 is 0 Å². The number of halogens is 1. The van der Waals surface area contributed by atoms with Crippen LogP contribution in [0, 0.1) is 23.9 Å². The van der Waals surface area contributed by atoms with Gasteiger partial charge in [0.1, 0.15) is 5.58 Å². The maximum Gasteiger partial charge on any atom is 0.120 e. The molecule has 53 heavy (non-hydrogen) atoms. The van der Waals surface area contributed by atoms with Crippen molar-refractivity contribution in [1.29, 1.82) is 0 Å². The smallest absolute Gasteiger partial charge is 0.120 e. The fourth-order valence-electron chi connectivity index (χ4n) is 7.39. The van der Waals surface area contributed by atoms with Gasteiger partial charge in [-0.2, -0.15) is 0 Å². The second kappa shape index (κ2) is 17.1. The van der Waals surface area contributed by atoms with Gasteiger partial charge < -0.3 is 14.4 Å². The Kier molecular flexibility index (Phi) is 11.6. The summed E-state index contributed by atoms with van der Waals surface area (Å²) in [6, 6.07) is 50.2. The van der Waals surface area contributed by atoms with Crippen LogP contribution in [0.15, 0.2) is 150 Å². The number of fused-ring (bicyclic) bond motifs is 3. The van der Waals surface area contributed by atoms with E-state index in [4.69, 9.17) is 4.42 Å². The molecule has 0 spiro atoms. The van der Waals surface area contributed by atoms with Gasteiger partial charge in [-0.1, -0.05) is 140 Å². The molecule has 0 amide bonds. The Morgan fingerprint density at radius 1 is 0.698 bits per heavy atom. The van der Waals surface area contributed by atoms with Gasteiger partial charge in [-0.05, 0) is 59.0 Å². The monoisotopic (exact) mass is 871 g/mol. The van der Waals surface area contributed by atoms with Crippen LogP contribution in [0.1, 0.15) is 48.8 Å². The van der Waals surface area contributed by atoms with E-state index in [1.165, 1.54) is 60.9 Å². The van der Waals surface area contributed by atoms with Crippen LogP contribution in [0.2, 0.25) is 0 Å². The van der Waals surface area contributed by atoms with Crippen molar-refractivity contribution >= 4 is 21.9 Å². The topological polar surface area (TPSA) is 38.9 Å². The molecular weight excluding hydrogens is 832 g/mol. The Balaban J connectivity index is 0.000000161. The van der Waals surface area contributed by atoms with E-state index >= 15 is 0 Å². The van der Waals surface area contributed by atoms with Crippen molar-refractivity contribution in [3.05, 3.63) is 180 Å². The molecule has 1 aliphatic rings. The second-order valence-electron chi connectivity index (χ2n) is 13.6. The predicted octanol–water partition coefficient (Wildman–Crippen LogP) is 12.5. The normalized spacial score (nSPS) is 12.9. The summed E-state index contributed by atoms with van der Waals surface area (Å²) in [5.41, 5.74) is 11.4. The first-order valence-corrected chi connectivity index (χ1v) is 18.2. The molecule has 1 aliphatic carbocycles. The van der Waals surface area contributed by atoms with Crippen LogP contribution in [0.4, 0.5) is 4.39 Å². The SMILES string of the molecule is Fc1c[c-]c(-c2cc(Cc3ccccc3)c(-c3ccccc3)cn2)cc1.[Ir].[c-]1ccc2c(oc3ccccc32)c1-c1cc(CC2CCCCC2)ccn1. The first-order valence-electron chi connectivity index (χ1n) is 18.2. The number of pyridine rings is 2. The molecule has 0 saturated heterocycles. The molecule has 3 aromatic heterocycles. The number of hydrogen-bond donors (Lipinski definition) is 0. The minimum atomic E-state index is -0.292. The standard InChI is InChI=1S/C24H17FN.C24H22NO.Ir/c25-22-13-11-20(12-14-22)24-16-21(15-18-7-3-1-4-8-18)23(17-26-24)19-9-5-2-6-10-19;1-2-7-17(8-3-1)15-18-13-14-25-22(16-18)21-11-6-10-20-19-9-4-5-12-23(19)26-24(20)21;/h1-11,13-14,16-17H,15H2;4-6,9-10,12-14,16-17H,1-3,7-8,15H2;/q2*-1;. The number of benzene rings is 5. The van der Waals surface area contributed by atoms with Crippen molar-refractivity contribution in [3.63, 3.8) is 0 Å². The molecule has 3 nitrogen and oxygen atoms in total. The van der Waals surface area contributed by atoms with Crippen LogP contribution in [0.25, 0.3) is 55.6 Å². The summed E-state index contributed by atoms with van der Waals surface area (Å²) in [4.78, 5) is 9.24. The van der Waals surface area contributed by atoms with E-state index in [2.05, 4.69) is 82.8 Å². The molecule has 0 unspecified atom stereocenters. The minimum absolute atomic E-state index is 0. The van der Waals surface area contributed by atoms with Gasteiger partial charge in [-0.25, -0.2) is 0 Å². The molecule has 265 valence electrons. The van der Waals surface area contributed by atoms with E-state index in [0.717, 1.165) is 74.3 Å². The molecule has 5 aromatic carbocycles. The summed E-state index contributed by atoms with van der Waals surface area (Å²) in [5.74, 6) is 0.532. The number of rotatable bonds is 7. The van der Waals surface area contributed by atoms with Crippen LogP contribution < -0.4 is 0 Å². The molecule has 0 bridgehead atoms. The zero-order chi connectivity index (χ0) is 35.1. The van der Waals surface area contributed by atoms with E-state index < -0.39 is 0 Å². The average Bonchev–Trinajstić information content (AvgIpc) is 3.59. The maximum absolute atomic E-state index is 13.2. The molecule has 1 radical (unpaired) electrons. The first-order chi connectivity index (χ1) is 25.7. The maximum atomic E-state index is 13.2. The first kappa shape index (κ1) is 36.2. The Morgan fingerprint density at radius 3 is 2.26 bits per heavy atom. The largest absolute Gasteiger partial charge is 0.501 e. The number of furan rings is 1. The molecule has 5 heteroatoms. The van der Waals surface area contributed by atoms with Gasteiger partial charge >= 0.3 is 0 Å². The molecule has 0 atom stereocenters. The summed E-state index contributed by atoms with van der Waals surface area (Å²) in [6.45, 7) is 0. The van der Waals surface area contributed by atoms with E-state index in [1.54, 1.807) is 6.07 Å². The average molecular weight is 871 g/mol. The van der Waals surface area contributed by atoms with E-state index in [-0.39, 0.29) is 25.9 Å². The number of aromatic nitrogens is 2. The number of para-hydroxylation sites is 1.